The molecular weight excluding hydrogens is 436 g/mol. The van der Waals surface area contributed by atoms with Gasteiger partial charge in [0.15, 0.2) is 0 Å². The minimum atomic E-state index is -1.20. The number of carbonyl (C=O) groups is 3. The lowest BCUT2D eigenvalue weighted by molar-refractivity contribution is -0.140. The molecule has 2 unspecified atom stereocenters. The predicted molar refractivity (Wildman–Crippen MR) is 125 cm³/mol. The van der Waals surface area contributed by atoms with Crippen molar-refractivity contribution in [1.82, 2.24) is 20.7 Å². The highest BCUT2D eigenvalue weighted by Crippen LogP contribution is 2.38. The number of methoxy groups -OCH3 is 2. The number of nitrogens with zero attached hydrogens (tertiary/aromatic N) is 2. The third-order valence-corrected chi connectivity index (χ3v) is 6.63. The van der Waals surface area contributed by atoms with Crippen LogP contribution in [0.2, 0.25) is 0 Å². The van der Waals surface area contributed by atoms with Crippen LogP contribution in [0.3, 0.4) is 0 Å². The van der Waals surface area contributed by atoms with Crippen molar-refractivity contribution in [3.05, 3.63) is 59.7 Å². The first-order valence-corrected chi connectivity index (χ1v) is 11.4. The zero-order valence-corrected chi connectivity index (χ0v) is 19.7. The molecule has 0 saturated carbocycles. The van der Waals surface area contributed by atoms with Crippen molar-refractivity contribution in [3.8, 4) is 11.5 Å². The maximum atomic E-state index is 13.3. The van der Waals surface area contributed by atoms with Gasteiger partial charge in [-0.15, -0.1) is 0 Å². The second-order valence-electron chi connectivity index (χ2n) is 8.47. The maximum absolute atomic E-state index is 13.3. The summed E-state index contributed by atoms with van der Waals surface area (Å²) in [4.78, 5) is 40.9. The standard InChI is InChI=1S/C25H30N4O5/c1-4-25(17-9-6-5-7-10-17)23(31)29(24(32)26-25)27-22(30)16-28-14-8-11-20(28)19-15-18(33-2)12-13-21(19)34-3/h5-7,9-10,12-13,15,20H,4,8,11,14,16H2,1-3H3,(H,26,32)(H,27,30). The lowest BCUT2D eigenvalue weighted by atomic mass is 9.87. The second kappa shape index (κ2) is 9.72. The summed E-state index contributed by atoms with van der Waals surface area (Å²) in [5.41, 5.74) is 2.94. The molecule has 0 aliphatic carbocycles. The summed E-state index contributed by atoms with van der Waals surface area (Å²) in [6.07, 6.45) is 2.12. The Labute approximate surface area is 199 Å². The Morgan fingerprint density at radius 2 is 1.91 bits per heavy atom. The smallest absolute Gasteiger partial charge is 0.344 e. The molecular formula is C25H30N4O5. The molecule has 4 amide bonds. The van der Waals surface area contributed by atoms with E-state index in [4.69, 9.17) is 9.47 Å². The van der Waals surface area contributed by atoms with Gasteiger partial charge < -0.3 is 14.8 Å². The van der Waals surface area contributed by atoms with Crippen molar-refractivity contribution in [2.75, 3.05) is 27.3 Å². The number of ether oxygens (including phenoxy) is 2. The largest absolute Gasteiger partial charge is 0.497 e. The Kier molecular flexibility index (Phi) is 6.74. The normalized spacial score (nSPS) is 22.6. The van der Waals surface area contributed by atoms with Crippen molar-refractivity contribution >= 4 is 17.8 Å². The molecule has 0 aromatic heterocycles. The Bertz CT molecular complexity index is 1080. The molecule has 9 nitrogen and oxygen atoms in total. The van der Waals surface area contributed by atoms with Crippen LogP contribution in [0.4, 0.5) is 4.79 Å². The molecule has 2 fully saturated rings. The van der Waals surface area contributed by atoms with Gasteiger partial charge in [-0.2, -0.15) is 5.01 Å². The van der Waals surface area contributed by atoms with Gasteiger partial charge in [-0.25, -0.2) is 4.79 Å². The summed E-state index contributed by atoms with van der Waals surface area (Å²) in [6, 6.07) is 14.0. The van der Waals surface area contributed by atoms with Crippen LogP contribution in [0.15, 0.2) is 48.5 Å². The third-order valence-electron chi connectivity index (χ3n) is 6.63. The van der Waals surface area contributed by atoms with E-state index >= 15 is 0 Å². The predicted octanol–water partition coefficient (Wildman–Crippen LogP) is 2.73. The van der Waals surface area contributed by atoms with Crippen LogP contribution < -0.4 is 20.2 Å². The highest BCUT2D eigenvalue weighted by Gasteiger charge is 2.52. The van der Waals surface area contributed by atoms with Crippen LogP contribution in [0, 0.1) is 0 Å². The molecule has 0 bridgehead atoms. The van der Waals surface area contributed by atoms with Crippen LogP contribution in [0.1, 0.15) is 43.4 Å². The highest BCUT2D eigenvalue weighted by atomic mass is 16.5. The fourth-order valence-corrected chi connectivity index (χ4v) is 4.85. The SMILES string of the molecule is CCC1(c2ccccc2)NC(=O)N(NC(=O)CN2CCCC2c2cc(OC)ccc2OC)C1=O. The summed E-state index contributed by atoms with van der Waals surface area (Å²) in [7, 11) is 3.22. The van der Waals surface area contributed by atoms with Gasteiger partial charge in [0.05, 0.1) is 20.8 Å². The van der Waals surface area contributed by atoms with E-state index in [1.165, 1.54) is 0 Å². The molecule has 9 heteroatoms. The molecule has 0 radical (unpaired) electrons. The topological polar surface area (TPSA) is 100 Å². The first-order valence-electron chi connectivity index (χ1n) is 11.4. The van der Waals surface area contributed by atoms with E-state index in [2.05, 4.69) is 10.7 Å². The molecule has 4 rings (SSSR count). The lowest BCUT2D eigenvalue weighted by Crippen LogP contribution is -2.51. The van der Waals surface area contributed by atoms with Crippen molar-refractivity contribution in [2.45, 2.75) is 37.8 Å². The van der Waals surface area contributed by atoms with Crippen LogP contribution in [-0.4, -0.2) is 55.1 Å². The van der Waals surface area contributed by atoms with E-state index in [1.807, 2.05) is 48.2 Å². The second-order valence-corrected chi connectivity index (χ2v) is 8.47. The molecule has 2 N–H and O–H groups in total. The molecule has 2 aromatic carbocycles. The van der Waals surface area contributed by atoms with Gasteiger partial charge in [0.2, 0.25) is 0 Å². The monoisotopic (exact) mass is 466 g/mol. The number of imide groups is 1. The Morgan fingerprint density at radius 3 is 2.59 bits per heavy atom. The van der Waals surface area contributed by atoms with E-state index in [-0.39, 0.29) is 12.6 Å². The number of hydrogen-bond acceptors (Lipinski definition) is 6. The quantitative estimate of drug-likeness (QED) is 0.581. The van der Waals surface area contributed by atoms with Gasteiger partial charge in [-0.3, -0.25) is 19.9 Å². The number of hydrogen-bond donors (Lipinski definition) is 2. The number of benzene rings is 2. The van der Waals surface area contributed by atoms with Crippen molar-refractivity contribution in [3.63, 3.8) is 0 Å². The fraction of sp³-hybridized carbons (Fsp3) is 0.400. The molecule has 0 spiro atoms. The average Bonchev–Trinajstić information content (AvgIpc) is 3.42. The highest BCUT2D eigenvalue weighted by molar-refractivity contribution is 6.08. The fourth-order valence-electron chi connectivity index (χ4n) is 4.85. The molecule has 2 aliphatic heterocycles. The molecule has 2 aromatic rings. The van der Waals surface area contributed by atoms with E-state index in [9.17, 15) is 14.4 Å². The van der Waals surface area contributed by atoms with Gasteiger partial charge >= 0.3 is 6.03 Å². The summed E-state index contributed by atoms with van der Waals surface area (Å²) in [5, 5.41) is 3.57. The van der Waals surface area contributed by atoms with Gasteiger partial charge in [-0.05, 0) is 49.6 Å². The van der Waals surface area contributed by atoms with Crippen molar-refractivity contribution in [2.24, 2.45) is 0 Å². The molecule has 34 heavy (non-hydrogen) atoms. The number of rotatable bonds is 8. The summed E-state index contributed by atoms with van der Waals surface area (Å²) < 4.78 is 10.9. The number of amides is 4. The van der Waals surface area contributed by atoms with Crippen LogP contribution >= 0.6 is 0 Å². The van der Waals surface area contributed by atoms with Gasteiger partial charge in [0.25, 0.3) is 11.8 Å². The summed E-state index contributed by atoms with van der Waals surface area (Å²) >= 11 is 0. The maximum Gasteiger partial charge on any atom is 0.344 e. The lowest BCUT2D eigenvalue weighted by Gasteiger charge is -2.27. The number of hydrazine groups is 1. The molecule has 2 atom stereocenters. The Balaban J connectivity index is 1.48. The van der Waals surface area contributed by atoms with E-state index in [1.54, 1.807) is 26.4 Å². The molecule has 2 heterocycles. The molecule has 2 saturated heterocycles. The summed E-state index contributed by atoms with van der Waals surface area (Å²) in [6.45, 7) is 2.57. The number of carbonyl (C=O) groups excluding carboxylic acids is 3. The Morgan fingerprint density at radius 1 is 1.15 bits per heavy atom. The first-order chi connectivity index (χ1) is 16.4. The zero-order chi connectivity index (χ0) is 24.3. The molecule has 180 valence electrons. The summed E-state index contributed by atoms with van der Waals surface area (Å²) in [5.74, 6) is 0.510. The average molecular weight is 467 g/mol. The number of nitrogens with one attached hydrogen (secondary N) is 2. The number of likely N-dealkylation sites (tertiary alicyclic amines) is 1. The van der Waals surface area contributed by atoms with Crippen molar-refractivity contribution in [1.29, 1.82) is 0 Å². The van der Waals surface area contributed by atoms with E-state index in [0.29, 0.717) is 24.3 Å². The minimum absolute atomic E-state index is 0.0343. The zero-order valence-electron chi connectivity index (χ0n) is 19.7. The minimum Gasteiger partial charge on any atom is -0.497 e. The van der Waals surface area contributed by atoms with E-state index in [0.717, 1.165) is 29.2 Å². The van der Waals surface area contributed by atoms with Crippen LogP contribution in [0.25, 0.3) is 0 Å². The third kappa shape index (κ3) is 4.19. The van der Waals surface area contributed by atoms with Gasteiger partial charge in [0.1, 0.15) is 17.0 Å². The number of urea groups is 1. The first kappa shape index (κ1) is 23.6. The van der Waals surface area contributed by atoms with Crippen LogP contribution in [-0.2, 0) is 15.1 Å². The van der Waals surface area contributed by atoms with Gasteiger partial charge in [0, 0.05) is 11.6 Å². The van der Waals surface area contributed by atoms with Crippen molar-refractivity contribution < 1.29 is 23.9 Å². The Hall–Kier alpha value is -3.59. The van der Waals surface area contributed by atoms with Gasteiger partial charge in [-0.1, -0.05) is 37.3 Å². The van der Waals surface area contributed by atoms with E-state index < -0.39 is 23.4 Å². The molecule has 2 aliphatic rings. The van der Waals surface area contributed by atoms with Crippen LogP contribution in [0.5, 0.6) is 11.5 Å².